The van der Waals surface area contributed by atoms with Gasteiger partial charge in [0, 0.05) is 0 Å². The molecule has 17 nitrogen and oxygen atoms in total. The zero-order chi connectivity index (χ0) is 10.7. The summed E-state index contributed by atoms with van der Waals surface area (Å²) >= 11 is 0. The van der Waals surface area contributed by atoms with Gasteiger partial charge in [-0.1, -0.05) is 0 Å². The third-order valence-corrected chi connectivity index (χ3v) is 0. The molecule has 0 aromatic carbocycles. The normalized spacial score (nSPS) is 4.00. The third-order valence-electron chi connectivity index (χ3n) is 0. The largest absolute Gasteiger partial charge is 3.00 e. The second-order valence-corrected chi connectivity index (χ2v) is 0.671. The van der Waals surface area contributed by atoms with E-state index < -0.39 is 15.3 Å². The number of hydrogen-bond donors (Lipinski definition) is 0. The maximum atomic E-state index is 8.25. The van der Waals surface area contributed by atoms with E-state index in [0.717, 1.165) is 0 Å². The van der Waals surface area contributed by atoms with E-state index >= 15 is 0 Å². The topological polar surface area (TPSA) is 356 Å². The molecule has 0 saturated heterocycles. The standard InChI is InChI=1S/Al.3NO3.5H2O/c;3*2-1(3)4;;;;;/h;;;;5*1H2/q+3;3*-1;;;;;. The summed E-state index contributed by atoms with van der Waals surface area (Å²) in [6.07, 6.45) is 0. The van der Waals surface area contributed by atoms with Gasteiger partial charge in [-0.2, -0.15) is 0 Å². The Morgan fingerprint density at radius 1 is 0.444 bits per heavy atom. The van der Waals surface area contributed by atoms with E-state index in [4.69, 9.17) is 46.0 Å². The Labute approximate surface area is 107 Å². The van der Waals surface area contributed by atoms with Gasteiger partial charge in [0.25, 0.3) is 0 Å². The molecule has 18 heteroatoms. The Bertz CT molecular complexity index is 115. The van der Waals surface area contributed by atoms with Gasteiger partial charge in [-0.25, -0.2) is 0 Å². The van der Waals surface area contributed by atoms with E-state index in [2.05, 4.69) is 0 Å². The van der Waals surface area contributed by atoms with Crippen LogP contribution in [-0.2, 0) is 0 Å². The molecular formula is H10AlN3O14. The second-order valence-electron chi connectivity index (χ2n) is 0.671. The minimum Gasteiger partial charge on any atom is -0.412 e. The summed E-state index contributed by atoms with van der Waals surface area (Å²) in [5.41, 5.74) is 0. The van der Waals surface area contributed by atoms with Crippen LogP contribution < -0.4 is 0 Å². The summed E-state index contributed by atoms with van der Waals surface area (Å²) in [7, 11) is 0. The predicted octanol–water partition coefficient (Wildman–Crippen LogP) is -5.22. The van der Waals surface area contributed by atoms with Gasteiger partial charge in [0.1, 0.15) is 0 Å². The van der Waals surface area contributed by atoms with E-state index in [1.807, 2.05) is 0 Å². The molecule has 0 fully saturated rings. The van der Waals surface area contributed by atoms with Gasteiger partial charge in [-0.15, -0.1) is 0 Å². The third kappa shape index (κ3) is 545. The molecule has 0 aromatic rings. The fourth-order valence-electron chi connectivity index (χ4n) is 0. The van der Waals surface area contributed by atoms with Crippen molar-refractivity contribution in [3.8, 4) is 0 Å². The summed E-state index contributed by atoms with van der Waals surface area (Å²) in [4.78, 5) is 24.8. The SMILES string of the molecule is O.O.O.O.O.O=[N+]([O-])[O-].O=[N+]([O-])[O-].O=[N+]([O-])[O-].[Al+3]. The summed E-state index contributed by atoms with van der Waals surface area (Å²) in [5.74, 6) is 0. The Morgan fingerprint density at radius 3 is 0.444 bits per heavy atom. The molecule has 0 aliphatic heterocycles. The molecule has 0 aliphatic carbocycles. The van der Waals surface area contributed by atoms with Crippen LogP contribution >= 0.6 is 0 Å². The molecule has 112 valence electrons. The van der Waals surface area contributed by atoms with Crippen LogP contribution in [0.25, 0.3) is 0 Å². The van der Waals surface area contributed by atoms with E-state index in [-0.39, 0.29) is 44.7 Å². The molecule has 0 saturated carbocycles. The van der Waals surface area contributed by atoms with Crippen molar-refractivity contribution in [2.24, 2.45) is 0 Å². The van der Waals surface area contributed by atoms with Gasteiger partial charge in [0.2, 0.25) is 0 Å². The summed E-state index contributed by atoms with van der Waals surface area (Å²) < 4.78 is 0. The summed E-state index contributed by atoms with van der Waals surface area (Å²) in [6, 6.07) is 0. The maximum absolute atomic E-state index is 8.25. The fourth-order valence-corrected chi connectivity index (χ4v) is 0. The summed E-state index contributed by atoms with van der Waals surface area (Å²) in [5, 5.41) is 44.2. The van der Waals surface area contributed by atoms with Crippen molar-refractivity contribution in [1.29, 1.82) is 0 Å². The average molecular weight is 303 g/mol. The van der Waals surface area contributed by atoms with Crippen molar-refractivity contribution < 1.29 is 42.6 Å². The zero-order valence-corrected chi connectivity index (χ0v) is 9.25. The smallest absolute Gasteiger partial charge is 0.412 e. The minimum atomic E-state index is -1.75. The van der Waals surface area contributed by atoms with E-state index in [1.165, 1.54) is 0 Å². The van der Waals surface area contributed by atoms with Crippen LogP contribution in [0.3, 0.4) is 0 Å². The van der Waals surface area contributed by atoms with E-state index in [0.29, 0.717) is 0 Å². The first-order chi connectivity index (χ1) is 5.20. The van der Waals surface area contributed by atoms with Crippen LogP contribution in [0.15, 0.2) is 0 Å². The first-order valence-corrected chi connectivity index (χ1v) is 1.64. The van der Waals surface area contributed by atoms with Gasteiger partial charge >= 0.3 is 17.4 Å². The van der Waals surface area contributed by atoms with Gasteiger partial charge in [0.05, 0.1) is 15.3 Å². The van der Waals surface area contributed by atoms with Crippen LogP contribution in [0.5, 0.6) is 0 Å². The van der Waals surface area contributed by atoms with Gasteiger partial charge < -0.3 is 73.3 Å². The number of hydrogen-bond acceptors (Lipinski definition) is 9. The van der Waals surface area contributed by atoms with Crippen molar-refractivity contribution in [3.05, 3.63) is 46.0 Å². The predicted molar refractivity (Wildman–Crippen MR) is 54.9 cm³/mol. The molecule has 0 aliphatic rings. The first-order valence-electron chi connectivity index (χ1n) is 1.64. The Hall–Kier alpha value is -2.07. The van der Waals surface area contributed by atoms with Crippen LogP contribution in [0, 0.1) is 46.0 Å². The molecule has 0 radical (unpaired) electrons. The second kappa shape index (κ2) is 60.3. The molecule has 18 heavy (non-hydrogen) atoms. The van der Waals surface area contributed by atoms with E-state index in [1.54, 1.807) is 0 Å². The van der Waals surface area contributed by atoms with Crippen LogP contribution in [0.2, 0.25) is 0 Å². The molecule has 0 amide bonds. The first kappa shape index (κ1) is 73.9. The average Bonchev–Trinajstić information content (AvgIpc) is 1.54. The molecule has 0 bridgehead atoms. The number of nitrogens with zero attached hydrogens (tertiary/aromatic N) is 3. The van der Waals surface area contributed by atoms with Crippen molar-refractivity contribution in [2.75, 3.05) is 0 Å². The quantitative estimate of drug-likeness (QED) is 0.233. The molecule has 0 rings (SSSR count). The summed E-state index contributed by atoms with van der Waals surface area (Å²) in [6.45, 7) is 0. The minimum absolute atomic E-state index is 0. The molecular weight excluding hydrogens is 293 g/mol. The van der Waals surface area contributed by atoms with Crippen LogP contribution in [0.1, 0.15) is 0 Å². The van der Waals surface area contributed by atoms with Crippen molar-refractivity contribution >= 4 is 17.4 Å². The molecule has 0 aromatic heterocycles. The van der Waals surface area contributed by atoms with Crippen molar-refractivity contribution in [3.63, 3.8) is 0 Å². The Morgan fingerprint density at radius 2 is 0.444 bits per heavy atom. The van der Waals surface area contributed by atoms with Gasteiger partial charge in [-0.3, -0.25) is 0 Å². The monoisotopic (exact) mass is 303 g/mol. The molecule has 0 unspecified atom stereocenters. The zero-order valence-electron chi connectivity index (χ0n) is 8.09. The van der Waals surface area contributed by atoms with E-state index in [9.17, 15) is 0 Å². The van der Waals surface area contributed by atoms with Crippen molar-refractivity contribution in [2.45, 2.75) is 0 Å². The fraction of sp³-hybridized carbons (Fsp3) is 0. The maximum Gasteiger partial charge on any atom is 3.00 e. The van der Waals surface area contributed by atoms with Crippen LogP contribution in [0.4, 0.5) is 0 Å². The Kier molecular flexibility index (Phi) is 248. The Balaban J connectivity index is -0.00000000827. The molecule has 0 atom stereocenters. The van der Waals surface area contributed by atoms with Crippen LogP contribution in [-0.4, -0.2) is 60.0 Å². The molecule has 0 heterocycles. The molecule has 10 N–H and O–H groups in total. The van der Waals surface area contributed by atoms with Gasteiger partial charge in [0.15, 0.2) is 0 Å². The van der Waals surface area contributed by atoms with Crippen molar-refractivity contribution in [1.82, 2.24) is 0 Å². The van der Waals surface area contributed by atoms with Gasteiger partial charge in [-0.05, 0) is 0 Å². The number of rotatable bonds is 0. The molecule has 0 spiro atoms.